The first kappa shape index (κ1) is 10.4. The third-order valence-electron chi connectivity index (χ3n) is 3.70. The molecule has 3 nitrogen and oxygen atoms in total. The Morgan fingerprint density at radius 1 is 1.21 bits per heavy atom. The quantitative estimate of drug-likeness (QED) is 0.616. The summed E-state index contributed by atoms with van der Waals surface area (Å²) in [4.78, 5) is 0. The lowest BCUT2D eigenvalue weighted by molar-refractivity contribution is 0.262. The number of aliphatic hydroxyl groups excluding tert-OH is 1. The molecule has 1 aliphatic heterocycles. The lowest BCUT2D eigenvalue weighted by atomic mass is 9.93. The summed E-state index contributed by atoms with van der Waals surface area (Å²) in [5, 5.41) is 15.9. The summed E-state index contributed by atoms with van der Waals surface area (Å²) in [5.41, 5.74) is 0. The average molecular weight is 198 g/mol. The van der Waals surface area contributed by atoms with Crippen molar-refractivity contribution >= 4 is 0 Å². The van der Waals surface area contributed by atoms with Gasteiger partial charge in [0.05, 0.1) is 6.61 Å². The van der Waals surface area contributed by atoms with E-state index in [-0.39, 0.29) is 6.61 Å². The molecule has 14 heavy (non-hydrogen) atoms. The number of hydrogen-bond acceptors (Lipinski definition) is 3. The topological polar surface area (TPSA) is 44.3 Å². The van der Waals surface area contributed by atoms with Crippen molar-refractivity contribution in [3.63, 3.8) is 0 Å². The van der Waals surface area contributed by atoms with Gasteiger partial charge in [0.15, 0.2) is 0 Å². The van der Waals surface area contributed by atoms with Crippen LogP contribution in [0.2, 0.25) is 0 Å². The maximum Gasteiger partial charge on any atom is 0.0556 e. The highest BCUT2D eigenvalue weighted by Gasteiger charge is 2.34. The molecule has 0 amide bonds. The Kier molecular flexibility index (Phi) is 3.79. The fourth-order valence-electron chi connectivity index (χ4n) is 3.05. The second kappa shape index (κ2) is 5.10. The van der Waals surface area contributed by atoms with Crippen molar-refractivity contribution in [2.45, 2.75) is 44.2 Å². The van der Waals surface area contributed by atoms with Crippen LogP contribution in [0.1, 0.15) is 32.1 Å². The van der Waals surface area contributed by atoms with Crippen molar-refractivity contribution in [2.24, 2.45) is 5.92 Å². The van der Waals surface area contributed by atoms with Crippen LogP contribution in [0.3, 0.4) is 0 Å². The number of nitrogens with one attached hydrogen (secondary N) is 2. The van der Waals surface area contributed by atoms with Crippen LogP contribution in [-0.4, -0.2) is 36.9 Å². The number of rotatable bonds is 4. The van der Waals surface area contributed by atoms with E-state index in [1.54, 1.807) is 0 Å². The Labute approximate surface area is 86.3 Å². The maximum atomic E-state index is 8.80. The summed E-state index contributed by atoms with van der Waals surface area (Å²) >= 11 is 0. The van der Waals surface area contributed by atoms with Crippen LogP contribution in [0, 0.1) is 5.92 Å². The number of hydrogen-bond donors (Lipinski definition) is 3. The second-order valence-electron chi connectivity index (χ2n) is 4.58. The monoisotopic (exact) mass is 198 g/mol. The van der Waals surface area contributed by atoms with Crippen LogP contribution in [0.4, 0.5) is 0 Å². The molecule has 1 saturated carbocycles. The summed E-state index contributed by atoms with van der Waals surface area (Å²) in [5.74, 6) is 0.809. The fourth-order valence-corrected chi connectivity index (χ4v) is 3.05. The fraction of sp³-hybridized carbons (Fsp3) is 1.00. The molecule has 2 aliphatic rings. The minimum atomic E-state index is 0.265. The second-order valence-corrected chi connectivity index (χ2v) is 4.58. The molecule has 1 heterocycles. The molecule has 3 unspecified atom stereocenters. The third kappa shape index (κ3) is 2.27. The third-order valence-corrected chi connectivity index (χ3v) is 3.70. The summed E-state index contributed by atoms with van der Waals surface area (Å²) in [6.45, 7) is 2.23. The normalized spacial score (nSPS) is 37.9. The van der Waals surface area contributed by atoms with Gasteiger partial charge >= 0.3 is 0 Å². The molecule has 2 rings (SSSR count). The van der Waals surface area contributed by atoms with Crippen LogP contribution in [0.15, 0.2) is 0 Å². The zero-order chi connectivity index (χ0) is 9.80. The SMILES string of the molecule is OCCNC1CCCC1C1CCCN1. The lowest BCUT2D eigenvalue weighted by Gasteiger charge is -2.26. The number of aliphatic hydroxyl groups is 1. The van der Waals surface area contributed by atoms with Crippen LogP contribution in [0.25, 0.3) is 0 Å². The highest BCUT2D eigenvalue weighted by Crippen LogP contribution is 2.31. The first-order chi connectivity index (χ1) is 6.92. The molecule has 1 aliphatic carbocycles. The van der Waals surface area contributed by atoms with Gasteiger partial charge < -0.3 is 15.7 Å². The van der Waals surface area contributed by atoms with E-state index in [1.807, 2.05) is 0 Å². The Morgan fingerprint density at radius 3 is 2.86 bits per heavy atom. The van der Waals surface area contributed by atoms with Crippen molar-refractivity contribution in [3.8, 4) is 0 Å². The Hall–Kier alpha value is -0.120. The minimum absolute atomic E-state index is 0.265. The Morgan fingerprint density at radius 2 is 2.14 bits per heavy atom. The summed E-state index contributed by atoms with van der Waals surface area (Å²) < 4.78 is 0. The molecule has 1 saturated heterocycles. The Bertz CT molecular complexity index is 169. The van der Waals surface area contributed by atoms with Gasteiger partial charge in [-0.25, -0.2) is 0 Å². The molecule has 0 aromatic rings. The van der Waals surface area contributed by atoms with E-state index in [1.165, 1.54) is 38.6 Å². The standard InChI is InChI=1S/C11H22N2O/c14-8-7-13-10-4-1-3-9(10)11-5-2-6-12-11/h9-14H,1-8H2. The molecular formula is C11H22N2O. The van der Waals surface area contributed by atoms with Gasteiger partial charge in [-0.2, -0.15) is 0 Å². The van der Waals surface area contributed by atoms with Crippen molar-refractivity contribution in [1.82, 2.24) is 10.6 Å². The van der Waals surface area contributed by atoms with E-state index in [2.05, 4.69) is 10.6 Å². The van der Waals surface area contributed by atoms with Gasteiger partial charge in [0.25, 0.3) is 0 Å². The average Bonchev–Trinajstić information content (AvgIpc) is 2.84. The van der Waals surface area contributed by atoms with Crippen molar-refractivity contribution < 1.29 is 5.11 Å². The van der Waals surface area contributed by atoms with Crippen molar-refractivity contribution in [3.05, 3.63) is 0 Å². The van der Waals surface area contributed by atoms with Gasteiger partial charge in [0.2, 0.25) is 0 Å². The molecule has 2 fully saturated rings. The molecular weight excluding hydrogens is 176 g/mol. The summed E-state index contributed by atoms with van der Waals surface area (Å²) in [6, 6.07) is 1.39. The smallest absolute Gasteiger partial charge is 0.0556 e. The van der Waals surface area contributed by atoms with Crippen LogP contribution in [-0.2, 0) is 0 Å². The highest BCUT2D eigenvalue weighted by molar-refractivity contribution is 4.92. The molecule has 0 spiro atoms. The largest absolute Gasteiger partial charge is 0.395 e. The maximum absolute atomic E-state index is 8.80. The van der Waals surface area contributed by atoms with E-state index in [0.29, 0.717) is 6.04 Å². The zero-order valence-electron chi connectivity index (χ0n) is 8.84. The predicted octanol–water partition coefficient (Wildman–Crippen LogP) is 0.489. The van der Waals surface area contributed by atoms with Crippen LogP contribution < -0.4 is 10.6 Å². The molecule has 0 bridgehead atoms. The van der Waals surface area contributed by atoms with E-state index in [4.69, 9.17) is 5.11 Å². The molecule has 0 radical (unpaired) electrons. The van der Waals surface area contributed by atoms with Gasteiger partial charge in [-0.1, -0.05) is 6.42 Å². The molecule has 0 aromatic carbocycles. The molecule has 0 aromatic heterocycles. The van der Waals surface area contributed by atoms with E-state index in [9.17, 15) is 0 Å². The van der Waals surface area contributed by atoms with Crippen molar-refractivity contribution in [1.29, 1.82) is 0 Å². The molecule has 82 valence electrons. The van der Waals surface area contributed by atoms with Gasteiger partial charge in [0, 0.05) is 18.6 Å². The first-order valence-corrected chi connectivity index (χ1v) is 5.99. The van der Waals surface area contributed by atoms with E-state index >= 15 is 0 Å². The van der Waals surface area contributed by atoms with Gasteiger partial charge in [0.1, 0.15) is 0 Å². The van der Waals surface area contributed by atoms with E-state index < -0.39 is 0 Å². The predicted molar refractivity (Wildman–Crippen MR) is 57.2 cm³/mol. The lowest BCUT2D eigenvalue weighted by Crippen LogP contribution is -2.42. The van der Waals surface area contributed by atoms with Gasteiger partial charge in [-0.3, -0.25) is 0 Å². The minimum Gasteiger partial charge on any atom is -0.395 e. The van der Waals surface area contributed by atoms with Gasteiger partial charge in [-0.05, 0) is 38.1 Å². The summed E-state index contributed by atoms with van der Waals surface area (Å²) in [6.07, 6.45) is 6.70. The van der Waals surface area contributed by atoms with Crippen molar-refractivity contribution in [2.75, 3.05) is 19.7 Å². The van der Waals surface area contributed by atoms with Gasteiger partial charge in [-0.15, -0.1) is 0 Å². The zero-order valence-corrected chi connectivity index (χ0v) is 8.84. The summed E-state index contributed by atoms with van der Waals surface area (Å²) in [7, 11) is 0. The highest BCUT2D eigenvalue weighted by atomic mass is 16.3. The Balaban J connectivity index is 1.82. The molecule has 3 heteroatoms. The first-order valence-electron chi connectivity index (χ1n) is 5.99. The van der Waals surface area contributed by atoms with Crippen LogP contribution in [0.5, 0.6) is 0 Å². The van der Waals surface area contributed by atoms with Crippen LogP contribution >= 0.6 is 0 Å². The molecule has 3 N–H and O–H groups in total. The molecule has 3 atom stereocenters. The van der Waals surface area contributed by atoms with E-state index in [0.717, 1.165) is 18.5 Å².